The Bertz CT molecular complexity index is 485. The number of nitrogens with two attached hydrogens (primary N) is 1. The number of anilines is 1. The zero-order valence-corrected chi connectivity index (χ0v) is 10.3. The van der Waals surface area contributed by atoms with E-state index in [9.17, 15) is 4.79 Å². The van der Waals surface area contributed by atoms with Crippen LogP contribution in [0.1, 0.15) is 18.9 Å². The second-order valence-electron chi connectivity index (χ2n) is 4.56. The molecule has 1 aromatic carbocycles. The van der Waals surface area contributed by atoms with Crippen LogP contribution in [0.3, 0.4) is 0 Å². The summed E-state index contributed by atoms with van der Waals surface area (Å²) in [7, 11) is 0. The number of para-hydroxylation sites is 1. The summed E-state index contributed by atoms with van der Waals surface area (Å²) in [5, 5.41) is 12.3. The highest BCUT2D eigenvalue weighted by Gasteiger charge is 2.23. The number of oxime groups is 1. The number of benzene rings is 1. The lowest BCUT2D eigenvalue weighted by Crippen LogP contribution is -2.39. The lowest BCUT2D eigenvalue weighted by Gasteiger charge is -2.32. The second kappa shape index (κ2) is 5.08. The molecule has 1 amide bonds. The number of hydrogen-bond acceptors (Lipinski definition) is 4. The third-order valence-corrected chi connectivity index (χ3v) is 3.27. The molecule has 0 bridgehead atoms. The molecular weight excluding hydrogens is 230 g/mol. The van der Waals surface area contributed by atoms with Crippen molar-refractivity contribution in [3.05, 3.63) is 29.8 Å². The number of carbonyl (C=O) groups excluding carboxylic acids is 1. The molecule has 96 valence electrons. The minimum atomic E-state index is -0.297. The molecule has 1 unspecified atom stereocenters. The van der Waals surface area contributed by atoms with Crippen LogP contribution < -0.4 is 10.6 Å². The van der Waals surface area contributed by atoms with Gasteiger partial charge in [0.25, 0.3) is 0 Å². The summed E-state index contributed by atoms with van der Waals surface area (Å²) >= 11 is 0. The fourth-order valence-electron chi connectivity index (χ4n) is 2.20. The SMILES string of the molecule is CC(CN1CCC(=NO)c2ccccc21)C(N)=O. The first-order chi connectivity index (χ1) is 8.63. The van der Waals surface area contributed by atoms with Gasteiger partial charge in [-0.25, -0.2) is 0 Å². The lowest BCUT2D eigenvalue weighted by atomic mass is 9.98. The topological polar surface area (TPSA) is 78.9 Å². The average molecular weight is 247 g/mol. The van der Waals surface area contributed by atoms with Crippen molar-refractivity contribution in [2.24, 2.45) is 16.8 Å². The number of rotatable bonds is 3. The Hall–Kier alpha value is -2.04. The molecule has 3 N–H and O–H groups in total. The molecule has 0 aliphatic carbocycles. The molecule has 0 radical (unpaired) electrons. The predicted molar refractivity (Wildman–Crippen MR) is 70.0 cm³/mol. The number of hydrogen-bond donors (Lipinski definition) is 2. The fraction of sp³-hybridized carbons (Fsp3) is 0.385. The average Bonchev–Trinajstić information content (AvgIpc) is 2.39. The van der Waals surface area contributed by atoms with E-state index in [2.05, 4.69) is 10.1 Å². The molecule has 5 heteroatoms. The molecule has 5 nitrogen and oxygen atoms in total. The van der Waals surface area contributed by atoms with Gasteiger partial charge in [-0.1, -0.05) is 30.3 Å². The highest BCUT2D eigenvalue weighted by molar-refractivity contribution is 6.06. The van der Waals surface area contributed by atoms with Gasteiger partial charge in [0.2, 0.25) is 5.91 Å². The van der Waals surface area contributed by atoms with Gasteiger partial charge in [-0.05, 0) is 6.07 Å². The van der Waals surface area contributed by atoms with Crippen molar-refractivity contribution < 1.29 is 10.0 Å². The molecule has 1 aliphatic rings. The van der Waals surface area contributed by atoms with Crippen LogP contribution in [-0.2, 0) is 4.79 Å². The third-order valence-electron chi connectivity index (χ3n) is 3.27. The molecule has 1 heterocycles. The minimum absolute atomic E-state index is 0.203. The lowest BCUT2D eigenvalue weighted by molar-refractivity contribution is -0.121. The van der Waals surface area contributed by atoms with Gasteiger partial charge in [0.15, 0.2) is 0 Å². The molecular formula is C13H17N3O2. The van der Waals surface area contributed by atoms with Crippen molar-refractivity contribution in [1.82, 2.24) is 0 Å². The van der Waals surface area contributed by atoms with E-state index in [-0.39, 0.29) is 11.8 Å². The van der Waals surface area contributed by atoms with Crippen molar-refractivity contribution in [2.45, 2.75) is 13.3 Å². The molecule has 1 atom stereocenters. The zero-order valence-electron chi connectivity index (χ0n) is 10.3. The predicted octanol–water partition coefficient (Wildman–Crippen LogP) is 1.20. The molecule has 1 aromatic rings. The monoisotopic (exact) mass is 247 g/mol. The summed E-state index contributed by atoms with van der Waals surface area (Å²) in [6.07, 6.45) is 0.666. The molecule has 18 heavy (non-hydrogen) atoms. The summed E-state index contributed by atoms with van der Waals surface area (Å²) in [4.78, 5) is 13.2. The van der Waals surface area contributed by atoms with E-state index >= 15 is 0 Å². The van der Waals surface area contributed by atoms with Gasteiger partial charge < -0.3 is 15.8 Å². The maximum atomic E-state index is 11.1. The van der Waals surface area contributed by atoms with E-state index in [0.29, 0.717) is 18.7 Å². The quantitative estimate of drug-likeness (QED) is 0.622. The van der Waals surface area contributed by atoms with E-state index in [1.165, 1.54) is 0 Å². The normalized spacial score (nSPS) is 18.5. The number of amides is 1. The van der Waals surface area contributed by atoms with Gasteiger partial charge in [0.1, 0.15) is 0 Å². The van der Waals surface area contributed by atoms with Crippen molar-refractivity contribution in [2.75, 3.05) is 18.0 Å². The van der Waals surface area contributed by atoms with E-state index in [1.54, 1.807) is 0 Å². The Kier molecular flexibility index (Phi) is 3.50. The van der Waals surface area contributed by atoms with Crippen LogP contribution in [0.5, 0.6) is 0 Å². The summed E-state index contributed by atoms with van der Waals surface area (Å²) in [5.74, 6) is -0.500. The zero-order chi connectivity index (χ0) is 13.1. The highest BCUT2D eigenvalue weighted by Crippen LogP contribution is 2.27. The minimum Gasteiger partial charge on any atom is -0.411 e. The van der Waals surface area contributed by atoms with Gasteiger partial charge in [-0.3, -0.25) is 4.79 Å². The van der Waals surface area contributed by atoms with Crippen molar-refractivity contribution in [3.8, 4) is 0 Å². The fourth-order valence-corrected chi connectivity index (χ4v) is 2.20. The van der Waals surface area contributed by atoms with Crippen molar-refractivity contribution >= 4 is 17.3 Å². The van der Waals surface area contributed by atoms with Crippen molar-refractivity contribution in [3.63, 3.8) is 0 Å². The van der Waals surface area contributed by atoms with Crippen LogP contribution in [0, 0.1) is 5.92 Å². The summed E-state index contributed by atoms with van der Waals surface area (Å²) in [5.41, 5.74) is 7.90. The standard InChI is InChI=1S/C13H17N3O2/c1-9(13(14)17)8-16-7-6-11(15-18)10-4-2-3-5-12(10)16/h2-5,9,18H,6-8H2,1H3,(H2,14,17). The van der Waals surface area contributed by atoms with Crippen LogP contribution in [-0.4, -0.2) is 29.9 Å². The highest BCUT2D eigenvalue weighted by atomic mass is 16.4. The van der Waals surface area contributed by atoms with E-state index in [0.717, 1.165) is 17.8 Å². The first kappa shape index (κ1) is 12.4. The van der Waals surface area contributed by atoms with E-state index < -0.39 is 0 Å². The summed E-state index contributed by atoms with van der Waals surface area (Å²) < 4.78 is 0. The Morgan fingerprint density at radius 3 is 2.94 bits per heavy atom. The van der Waals surface area contributed by atoms with E-state index in [4.69, 9.17) is 10.9 Å². The number of nitrogens with zero attached hydrogens (tertiary/aromatic N) is 2. The molecule has 0 saturated carbocycles. The van der Waals surface area contributed by atoms with Crippen molar-refractivity contribution in [1.29, 1.82) is 0 Å². The van der Waals surface area contributed by atoms with Gasteiger partial charge in [0.05, 0.1) is 11.6 Å². The Morgan fingerprint density at radius 2 is 2.28 bits per heavy atom. The van der Waals surface area contributed by atoms with Gasteiger partial charge in [-0.15, -0.1) is 0 Å². The van der Waals surface area contributed by atoms with Crippen LogP contribution in [0.2, 0.25) is 0 Å². The molecule has 2 rings (SSSR count). The first-order valence-corrected chi connectivity index (χ1v) is 5.98. The molecule has 0 saturated heterocycles. The maximum absolute atomic E-state index is 11.1. The Balaban J connectivity index is 2.28. The first-order valence-electron chi connectivity index (χ1n) is 5.98. The third kappa shape index (κ3) is 2.30. The maximum Gasteiger partial charge on any atom is 0.222 e. The molecule has 0 fully saturated rings. The number of carbonyl (C=O) groups is 1. The van der Waals surface area contributed by atoms with Crippen LogP contribution >= 0.6 is 0 Å². The van der Waals surface area contributed by atoms with Gasteiger partial charge in [0, 0.05) is 30.8 Å². The Labute approximate surface area is 106 Å². The smallest absolute Gasteiger partial charge is 0.222 e. The summed E-state index contributed by atoms with van der Waals surface area (Å²) in [6, 6.07) is 7.73. The van der Waals surface area contributed by atoms with E-state index in [1.807, 2.05) is 31.2 Å². The number of primary amides is 1. The second-order valence-corrected chi connectivity index (χ2v) is 4.56. The van der Waals surface area contributed by atoms with Crippen LogP contribution in [0.25, 0.3) is 0 Å². The largest absolute Gasteiger partial charge is 0.411 e. The molecule has 0 aromatic heterocycles. The van der Waals surface area contributed by atoms with Crippen LogP contribution in [0.4, 0.5) is 5.69 Å². The van der Waals surface area contributed by atoms with Gasteiger partial charge >= 0.3 is 0 Å². The number of fused-ring (bicyclic) bond motifs is 1. The summed E-state index contributed by atoms with van der Waals surface area (Å²) in [6.45, 7) is 3.14. The molecule has 1 aliphatic heterocycles. The van der Waals surface area contributed by atoms with Crippen LogP contribution in [0.15, 0.2) is 29.4 Å². The van der Waals surface area contributed by atoms with Gasteiger partial charge in [-0.2, -0.15) is 0 Å². The Morgan fingerprint density at radius 1 is 1.56 bits per heavy atom. The molecule has 0 spiro atoms.